The van der Waals surface area contributed by atoms with E-state index in [1.165, 1.54) is 11.1 Å². The summed E-state index contributed by atoms with van der Waals surface area (Å²) in [6, 6.07) is 5.17. The molecule has 0 saturated heterocycles. The van der Waals surface area contributed by atoms with Gasteiger partial charge in [-0.05, 0) is 59.8 Å². The summed E-state index contributed by atoms with van der Waals surface area (Å²) in [6.45, 7) is 11.2. The van der Waals surface area contributed by atoms with Gasteiger partial charge in [-0.1, -0.05) is 52.7 Å². The topological polar surface area (TPSA) is 45.8 Å². The zero-order valence-corrected chi connectivity index (χ0v) is 19.4. The Labute approximate surface area is 184 Å². The van der Waals surface area contributed by atoms with E-state index in [0.717, 1.165) is 66.6 Å². The number of H-pyrrole nitrogens is 1. The summed E-state index contributed by atoms with van der Waals surface area (Å²) in [7, 11) is 0. The van der Waals surface area contributed by atoms with Crippen LogP contribution in [0.5, 0.6) is 0 Å². The minimum Gasteiger partial charge on any atom is -0.294 e. The lowest BCUT2D eigenvalue weighted by Gasteiger charge is -2.44. The van der Waals surface area contributed by atoms with Crippen LogP contribution < -0.4 is 0 Å². The van der Waals surface area contributed by atoms with Gasteiger partial charge in [-0.2, -0.15) is 5.10 Å². The average Bonchev–Trinajstić information content (AvgIpc) is 3.22. The summed E-state index contributed by atoms with van der Waals surface area (Å²) in [5, 5.41) is 8.19. The molecule has 3 aliphatic rings. The number of fused-ring (bicyclic) bond motifs is 5. The number of aromatic nitrogens is 2. The molecule has 0 saturated carbocycles. The Bertz CT molecular complexity index is 1120. The second-order valence-electron chi connectivity index (χ2n) is 11.5. The quantitative estimate of drug-likeness (QED) is 0.662. The van der Waals surface area contributed by atoms with Gasteiger partial charge >= 0.3 is 0 Å². The maximum Gasteiger partial charge on any atom is 0.160 e. The predicted molar refractivity (Wildman–Crippen MR) is 121 cm³/mol. The molecule has 3 nitrogen and oxygen atoms in total. The number of benzene rings is 1. The lowest BCUT2D eigenvalue weighted by molar-refractivity contribution is -0.118. The summed E-state index contributed by atoms with van der Waals surface area (Å²) in [5.41, 5.74) is 7.50. The van der Waals surface area contributed by atoms with Crippen molar-refractivity contribution < 1.29 is 9.18 Å². The Kier molecular flexibility index (Phi) is 4.42. The highest BCUT2D eigenvalue weighted by atomic mass is 19.1. The SMILES string of the molecule is CCC(C)(C)Cc1n[nH]c2c1[C@@]1(CCc3cc(F)ccc31)C1=C(C2)CC(C)(C)CC1=O. The van der Waals surface area contributed by atoms with Crippen molar-refractivity contribution in [2.75, 3.05) is 0 Å². The van der Waals surface area contributed by atoms with Gasteiger partial charge in [0.2, 0.25) is 0 Å². The molecular formula is C27H33FN2O. The molecule has 0 fully saturated rings. The van der Waals surface area contributed by atoms with Gasteiger partial charge in [-0.25, -0.2) is 4.39 Å². The van der Waals surface area contributed by atoms with Crippen LogP contribution in [0.4, 0.5) is 4.39 Å². The van der Waals surface area contributed by atoms with Gasteiger partial charge in [0.05, 0.1) is 11.1 Å². The van der Waals surface area contributed by atoms with Crippen molar-refractivity contribution >= 4 is 5.78 Å². The molecule has 0 bridgehead atoms. The first kappa shape index (κ1) is 20.7. The summed E-state index contributed by atoms with van der Waals surface area (Å²) in [5.74, 6) is 0.0765. The van der Waals surface area contributed by atoms with Crippen LogP contribution in [-0.2, 0) is 29.5 Å². The number of Topliss-reactive ketones (excluding diaryl/α,β-unsaturated/α-hetero) is 1. The molecular weight excluding hydrogens is 387 g/mol. The number of allylic oxidation sites excluding steroid dienone is 2. The zero-order valence-electron chi connectivity index (χ0n) is 19.4. The fourth-order valence-electron chi connectivity index (χ4n) is 6.40. The molecule has 4 heteroatoms. The molecule has 1 spiro atoms. The summed E-state index contributed by atoms with van der Waals surface area (Å²) < 4.78 is 14.1. The molecule has 1 N–H and O–H groups in total. The van der Waals surface area contributed by atoms with Crippen LogP contribution in [-0.4, -0.2) is 16.0 Å². The van der Waals surface area contributed by atoms with E-state index in [1.54, 1.807) is 12.1 Å². The molecule has 5 rings (SSSR count). The van der Waals surface area contributed by atoms with Crippen LogP contribution >= 0.6 is 0 Å². The van der Waals surface area contributed by atoms with Crippen LogP contribution in [0.1, 0.15) is 88.4 Å². The first-order valence-corrected chi connectivity index (χ1v) is 11.7. The second-order valence-corrected chi connectivity index (χ2v) is 11.5. The Morgan fingerprint density at radius 1 is 1.23 bits per heavy atom. The molecule has 1 heterocycles. The number of nitrogens with zero attached hydrogens (tertiary/aromatic N) is 1. The van der Waals surface area contributed by atoms with Crippen molar-refractivity contribution in [2.24, 2.45) is 10.8 Å². The van der Waals surface area contributed by atoms with E-state index in [2.05, 4.69) is 39.7 Å². The third-order valence-electron chi connectivity index (χ3n) is 8.02. The predicted octanol–water partition coefficient (Wildman–Crippen LogP) is 6.00. The molecule has 1 aromatic carbocycles. The van der Waals surface area contributed by atoms with Gasteiger partial charge in [0.1, 0.15) is 5.82 Å². The normalized spacial score (nSPS) is 24.4. The highest BCUT2D eigenvalue weighted by Gasteiger charge is 2.54. The van der Waals surface area contributed by atoms with Crippen LogP contribution in [0.15, 0.2) is 29.3 Å². The zero-order chi connectivity index (χ0) is 22.2. The van der Waals surface area contributed by atoms with Gasteiger partial charge in [-0.15, -0.1) is 0 Å². The molecule has 0 radical (unpaired) electrons. The Morgan fingerprint density at radius 2 is 2.00 bits per heavy atom. The molecule has 2 aromatic rings. The van der Waals surface area contributed by atoms with Crippen molar-refractivity contribution in [2.45, 2.75) is 85.0 Å². The molecule has 3 aliphatic carbocycles. The van der Waals surface area contributed by atoms with E-state index < -0.39 is 5.41 Å². The van der Waals surface area contributed by atoms with E-state index >= 15 is 0 Å². The molecule has 1 aromatic heterocycles. The third-order valence-corrected chi connectivity index (χ3v) is 8.02. The van der Waals surface area contributed by atoms with Gasteiger partial charge in [-0.3, -0.25) is 9.89 Å². The lowest BCUT2D eigenvalue weighted by Crippen LogP contribution is -2.42. The van der Waals surface area contributed by atoms with Crippen molar-refractivity contribution in [1.82, 2.24) is 10.2 Å². The number of rotatable bonds is 3. The highest BCUT2D eigenvalue weighted by molar-refractivity contribution is 6.02. The third kappa shape index (κ3) is 3.05. The maximum atomic E-state index is 14.1. The molecule has 1 atom stereocenters. The first-order chi connectivity index (χ1) is 14.6. The lowest BCUT2D eigenvalue weighted by atomic mass is 9.57. The number of aryl methyl sites for hydroxylation is 1. The van der Waals surface area contributed by atoms with E-state index in [9.17, 15) is 9.18 Å². The van der Waals surface area contributed by atoms with E-state index in [0.29, 0.717) is 6.42 Å². The van der Waals surface area contributed by atoms with Gasteiger partial charge in [0.15, 0.2) is 5.78 Å². The first-order valence-electron chi connectivity index (χ1n) is 11.7. The van der Waals surface area contributed by atoms with Crippen LogP contribution in [0.25, 0.3) is 0 Å². The van der Waals surface area contributed by atoms with Crippen LogP contribution in [0, 0.1) is 16.6 Å². The van der Waals surface area contributed by atoms with Gasteiger partial charge in [0.25, 0.3) is 0 Å². The molecule has 31 heavy (non-hydrogen) atoms. The summed E-state index contributed by atoms with van der Waals surface area (Å²) in [6.07, 6.45) is 5.83. The van der Waals surface area contributed by atoms with Crippen molar-refractivity contribution in [3.8, 4) is 0 Å². The fourth-order valence-corrected chi connectivity index (χ4v) is 6.40. The van der Waals surface area contributed by atoms with E-state index in [4.69, 9.17) is 5.10 Å². The smallest absolute Gasteiger partial charge is 0.160 e. The number of carbonyl (C=O) groups excluding carboxylic acids is 1. The van der Waals surface area contributed by atoms with Crippen molar-refractivity contribution in [3.63, 3.8) is 0 Å². The number of carbonyl (C=O) groups is 1. The van der Waals surface area contributed by atoms with Crippen LogP contribution in [0.3, 0.4) is 0 Å². The average molecular weight is 421 g/mol. The molecule has 0 aliphatic heterocycles. The van der Waals surface area contributed by atoms with Crippen molar-refractivity contribution in [3.05, 3.63) is 63.2 Å². The highest BCUT2D eigenvalue weighted by Crippen LogP contribution is 2.58. The Hall–Kier alpha value is -2.23. The standard InChI is InChI=1S/C27H33FN2O/c1-6-25(2,3)14-21-24-20(29-30-21)12-17-13-26(4,5)15-22(31)23(17)27(24)10-9-16-11-18(28)7-8-19(16)27/h7-8,11H,6,9-10,12-15H2,1-5H3,(H,29,30)/t27-/m1/s1. The molecule has 0 amide bonds. The van der Waals surface area contributed by atoms with Gasteiger partial charge < -0.3 is 0 Å². The number of aromatic amines is 1. The minimum absolute atomic E-state index is 0.0219. The van der Waals surface area contributed by atoms with Crippen LogP contribution in [0.2, 0.25) is 0 Å². The largest absolute Gasteiger partial charge is 0.294 e. The number of nitrogens with one attached hydrogen (secondary N) is 1. The summed E-state index contributed by atoms with van der Waals surface area (Å²) in [4.78, 5) is 13.7. The fraction of sp³-hybridized carbons (Fsp3) is 0.556. The molecule has 0 unspecified atom stereocenters. The van der Waals surface area contributed by atoms with Gasteiger partial charge in [0, 0.05) is 29.7 Å². The number of halogens is 1. The minimum atomic E-state index is -0.480. The number of hydrogen-bond acceptors (Lipinski definition) is 2. The Morgan fingerprint density at radius 3 is 2.74 bits per heavy atom. The van der Waals surface area contributed by atoms with E-state index in [1.807, 2.05) is 6.07 Å². The second kappa shape index (κ2) is 6.63. The monoisotopic (exact) mass is 420 g/mol. The Balaban J connectivity index is 1.78. The summed E-state index contributed by atoms with van der Waals surface area (Å²) >= 11 is 0. The molecule has 164 valence electrons. The number of ketones is 1. The number of hydrogen-bond donors (Lipinski definition) is 1. The van der Waals surface area contributed by atoms with E-state index in [-0.39, 0.29) is 22.4 Å². The maximum absolute atomic E-state index is 14.1. The van der Waals surface area contributed by atoms with Crippen molar-refractivity contribution in [1.29, 1.82) is 0 Å².